The molecule has 1 aliphatic heterocycles. The van der Waals surface area contributed by atoms with Crippen molar-refractivity contribution < 1.29 is 13.2 Å². The molecule has 136 valence electrons. The van der Waals surface area contributed by atoms with Crippen molar-refractivity contribution in [3.05, 3.63) is 70.6 Å². The van der Waals surface area contributed by atoms with Crippen LogP contribution in [0.4, 0.5) is 5.69 Å². The minimum atomic E-state index is -3.64. The number of hydrogen-bond donors (Lipinski definition) is 3. The molecule has 0 aliphatic carbocycles. The molecule has 0 fully saturated rings. The molecule has 2 aromatic carbocycles. The lowest BCUT2D eigenvalue weighted by atomic mass is 10.1. The number of nitrogens with zero attached hydrogens (tertiary/aromatic N) is 1. The number of aliphatic imine (C=N–C) groups is 1. The number of aromatic nitrogens is 1. The summed E-state index contributed by atoms with van der Waals surface area (Å²) in [4.78, 5) is 30.7. The first-order chi connectivity index (χ1) is 12.9. The standard InChI is InChI=1S/C18H14N4O4S/c23-16(21-12-5-6-13-11(9-12)7-8-19-18(13)24)10-20-17-14-3-1-2-4-15(14)27(25,26)22-17/h1-9H,10H2,(H,19,24)(H,20,22)(H,21,23). The lowest BCUT2D eigenvalue weighted by Crippen LogP contribution is -2.24. The summed E-state index contributed by atoms with van der Waals surface area (Å²) in [5.74, 6) is -0.263. The van der Waals surface area contributed by atoms with Crippen molar-refractivity contribution in [2.75, 3.05) is 11.9 Å². The number of aromatic amines is 1. The van der Waals surface area contributed by atoms with Crippen LogP contribution in [0.3, 0.4) is 0 Å². The zero-order valence-corrected chi connectivity index (χ0v) is 14.7. The number of nitrogens with one attached hydrogen (secondary N) is 3. The number of carbonyl (C=O) groups is 1. The molecule has 0 saturated carbocycles. The van der Waals surface area contributed by atoms with E-state index in [2.05, 4.69) is 20.0 Å². The second-order valence-corrected chi connectivity index (χ2v) is 7.57. The van der Waals surface area contributed by atoms with Crippen LogP contribution in [0.15, 0.2) is 69.4 Å². The van der Waals surface area contributed by atoms with E-state index in [4.69, 9.17) is 0 Å². The third-order valence-corrected chi connectivity index (χ3v) is 5.50. The van der Waals surface area contributed by atoms with Crippen molar-refractivity contribution in [2.24, 2.45) is 4.99 Å². The molecule has 0 radical (unpaired) electrons. The first-order valence-corrected chi connectivity index (χ1v) is 9.50. The summed E-state index contributed by atoms with van der Waals surface area (Å²) < 4.78 is 26.4. The number of carbonyl (C=O) groups excluding carboxylic acids is 1. The van der Waals surface area contributed by atoms with Gasteiger partial charge in [0.15, 0.2) is 0 Å². The molecule has 2 heterocycles. The monoisotopic (exact) mass is 382 g/mol. The van der Waals surface area contributed by atoms with Gasteiger partial charge in [0.2, 0.25) is 5.91 Å². The van der Waals surface area contributed by atoms with Gasteiger partial charge < -0.3 is 10.3 Å². The Morgan fingerprint density at radius 2 is 1.93 bits per heavy atom. The second-order valence-electron chi connectivity index (χ2n) is 5.92. The average Bonchev–Trinajstić information content (AvgIpc) is 2.91. The van der Waals surface area contributed by atoms with Crippen molar-refractivity contribution in [2.45, 2.75) is 4.90 Å². The lowest BCUT2D eigenvalue weighted by Gasteiger charge is -2.05. The first-order valence-electron chi connectivity index (χ1n) is 8.02. The van der Waals surface area contributed by atoms with Crippen LogP contribution in [0, 0.1) is 0 Å². The van der Waals surface area contributed by atoms with E-state index in [1.807, 2.05) is 0 Å². The Hall–Kier alpha value is -3.46. The number of amides is 1. The molecule has 3 N–H and O–H groups in total. The van der Waals surface area contributed by atoms with Gasteiger partial charge in [-0.3, -0.25) is 19.3 Å². The van der Waals surface area contributed by atoms with Crippen LogP contribution in [0.2, 0.25) is 0 Å². The Balaban J connectivity index is 1.52. The van der Waals surface area contributed by atoms with E-state index in [0.29, 0.717) is 22.0 Å². The van der Waals surface area contributed by atoms with E-state index in [-0.39, 0.29) is 22.8 Å². The predicted molar refractivity (Wildman–Crippen MR) is 101 cm³/mol. The zero-order valence-electron chi connectivity index (χ0n) is 13.9. The summed E-state index contributed by atoms with van der Waals surface area (Å²) in [6.07, 6.45) is 1.53. The first kappa shape index (κ1) is 17.0. The van der Waals surface area contributed by atoms with Crippen LogP contribution in [0.1, 0.15) is 5.56 Å². The fourth-order valence-electron chi connectivity index (χ4n) is 2.87. The van der Waals surface area contributed by atoms with Gasteiger partial charge in [0, 0.05) is 22.8 Å². The quantitative estimate of drug-likeness (QED) is 0.630. The van der Waals surface area contributed by atoms with Gasteiger partial charge in [-0.05, 0) is 41.8 Å². The predicted octanol–water partition coefficient (Wildman–Crippen LogP) is 1.21. The van der Waals surface area contributed by atoms with Crippen molar-refractivity contribution in [1.82, 2.24) is 9.71 Å². The maximum Gasteiger partial charge on any atom is 0.263 e. The molecule has 1 amide bonds. The fourth-order valence-corrected chi connectivity index (χ4v) is 4.12. The van der Waals surface area contributed by atoms with E-state index in [1.54, 1.807) is 42.5 Å². The maximum atomic E-state index is 12.2. The Labute approximate surface area is 154 Å². The van der Waals surface area contributed by atoms with Gasteiger partial charge in [0.05, 0.1) is 4.90 Å². The number of anilines is 1. The molecule has 1 aromatic heterocycles. The van der Waals surface area contributed by atoms with E-state index < -0.39 is 15.9 Å². The molecule has 0 spiro atoms. The smallest absolute Gasteiger partial charge is 0.263 e. The van der Waals surface area contributed by atoms with Crippen molar-refractivity contribution >= 4 is 38.2 Å². The van der Waals surface area contributed by atoms with Crippen LogP contribution < -0.4 is 15.6 Å². The van der Waals surface area contributed by atoms with Crippen LogP contribution in [-0.4, -0.2) is 31.7 Å². The Morgan fingerprint density at radius 1 is 1.11 bits per heavy atom. The van der Waals surface area contributed by atoms with Crippen LogP contribution in [-0.2, 0) is 14.8 Å². The van der Waals surface area contributed by atoms with Gasteiger partial charge in [-0.1, -0.05) is 12.1 Å². The number of rotatable bonds is 3. The van der Waals surface area contributed by atoms with Crippen LogP contribution >= 0.6 is 0 Å². The molecule has 0 saturated heterocycles. The summed E-state index contributed by atoms with van der Waals surface area (Å²) in [6, 6.07) is 13.1. The largest absolute Gasteiger partial charge is 0.329 e. The van der Waals surface area contributed by atoms with E-state index >= 15 is 0 Å². The molecule has 1 aliphatic rings. The molecule has 8 nitrogen and oxygen atoms in total. The minimum absolute atomic E-state index is 0.143. The highest BCUT2D eigenvalue weighted by atomic mass is 32.2. The van der Waals surface area contributed by atoms with E-state index in [9.17, 15) is 18.0 Å². The second kappa shape index (κ2) is 6.36. The molecule has 3 aromatic rings. The third kappa shape index (κ3) is 3.20. The summed E-state index contributed by atoms with van der Waals surface area (Å²) in [6.45, 7) is -0.250. The molecule has 0 atom stereocenters. The van der Waals surface area contributed by atoms with Crippen molar-refractivity contribution in [3.63, 3.8) is 0 Å². The van der Waals surface area contributed by atoms with Crippen molar-refractivity contribution in [3.8, 4) is 0 Å². The van der Waals surface area contributed by atoms with Gasteiger partial charge >= 0.3 is 0 Å². The summed E-state index contributed by atoms with van der Waals surface area (Å²) in [5.41, 5.74) is 0.755. The normalized spacial score (nSPS) is 16.1. The number of H-pyrrole nitrogens is 1. The van der Waals surface area contributed by atoms with Crippen LogP contribution in [0.5, 0.6) is 0 Å². The zero-order chi connectivity index (χ0) is 19.0. The number of benzene rings is 2. The number of pyridine rings is 1. The highest BCUT2D eigenvalue weighted by Gasteiger charge is 2.30. The molecule has 0 bridgehead atoms. The lowest BCUT2D eigenvalue weighted by molar-refractivity contribution is -0.114. The Kier molecular flexibility index (Phi) is 4.00. The number of fused-ring (bicyclic) bond motifs is 2. The van der Waals surface area contributed by atoms with E-state index in [0.717, 1.165) is 0 Å². The number of amidine groups is 1. The maximum absolute atomic E-state index is 12.2. The fraction of sp³-hybridized carbons (Fsp3) is 0.0556. The molecule has 0 unspecified atom stereocenters. The Bertz CT molecular complexity index is 1260. The van der Waals surface area contributed by atoms with Crippen molar-refractivity contribution in [1.29, 1.82) is 0 Å². The van der Waals surface area contributed by atoms with Gasteiger partial charge in [-0.2, -0.15) is 0 Å². The molecular formula is C18H14N4O4S. The SMILES string of the molecule is O=C(CN=C1NS(=O)(=O)c2ccccc21)Nc1ccc2c(=O)[nH]ccc2c1. The summed E-state index contributed by atoms with van der Waals surface area (Å²) in [7, 11) is -3.64. The molecule has 27 heavy (non-hydrogen) atoms. The van der Waals surface area contributed by atoms with Gasteiger partial charge in [0.25, 0.3) is 15.6 Å². The molecule has 4 rings (SSSR count). The van der Waals surface area contributed by atoms with Gasteiger partial charge in [0.1, 0.15) is 12.4 Å². The minimum Gasteiger partial charge on any atom is -0.329 e. The topological polar surface area (TPSA) is 120 Å². The highest BCUT2D eigenvalue weighted by molar-refractivity contribution is 7.90. The number of sulfonamides is 1. The Morgan fingerprint density at radius 3 is 2.78 bits per heavy atom. The third-order valence-electron chi connectivity index (χ3n) is 4.10. The summed E-state index contributed by atoms with van der Waals surface area (Å²) in [5, 5.41) is 3.90. The highest BCUT2D eigenvalue weighted by Crippen LogP contribution is 2.22. The molecular weight excluding hydrogens is 368 g/mol. The number of hydrogen-bond acceptors (Lipinski definition) is 5. The van der Waals surface area contributed by atoms with Gasteiger partial charge in [-0.15, -0.1) is 0 Å². The average molecular weight is 382 g/mol. The summed E-state index contributed by atoms with van der Waals surface area (Å²) >= 11 is 0. The van der Waals surface area contributed by atoms with Gasteiger partial charge in [-0.25, -0.2) is 8.42 Å². The van der Waals surface area contributed by atoms with E-state index in [1.165, 1.54) is 12.3 Å². The molecule has 9 heteroatoms. The van der Waals surface area contributed by atoms with Crippen LogP contribution in [0.25, 0.3) is 10.8 Å².